The van der Waals surface area contributed by atoms with Gasteiger partial charge in [0.25, 0.3) is 10.0 Å². The fourth-order valence-electron chi connectivity index (χ4n) is 1.63. The second-order valence-corrected chi connectivity index (χ2v) is 5.88. The molecule has 104 valence electrons. The predicted octanol–water partition coefficient (Wildman–Crippen LogP) is 2.83. The maximum absolute atomic E-state index is 12.8. The summed E-state index contributed by atoms with van der Waals surface area (Å²) in [7, 11) is -3.80. The van der Waals surface area contributed by atoms with Crippen molar-refractivity contribution in [1.29, 1.82) is 0 Å². The molecule has 0 heterocycles. The molecule has 0 amide bonds. The van der Waals surface area contributed by atoms with Crippen LogP contribution in [0, 0.1) is 5.82 Å². The summed E-state index contributed by atoms with van der Waals surface area (Å²) in [6.45, 7) is 1.40. The summed E-state index contributed by atoms with van der Waals surface area (Å²) >= 11 is 0. The van der Waals surface area contributed by atoms with Crippen LogP contribution in [0.5, 0.6) is 0 Å². The summed E-state index contributed by atoms with van der Waals surface area (Å²) in [6, 6.07) is 10.6. The maximum Gasteiger partial charge on any atom is 0.261 e. The number of hydrogen-bond acceptors (Lipinski definition) is 3. The Morgan fingerprint density at radius 3 is 2.35 bits per heavy atom. The van der Waals surface area contributed by atoms with Gasteiger partial charge in [-0.2, -0.15) is 0 Å². The van der Waals surface area contributed by atoms with Gasteiger partial charge in [-0.05, 0) is 43.3 Å². The third kappa shape index (κ3) is 3.21. The summed E-state index contributed by atoms with van der Waals surface area (Å²) in [4.78, 5) is 11.2. The Morgan fingerprint density at radius 2 is 1.75 bits per heavy atom. The lowest BCUT2D eigenvalue weighted by Gasteiger charge is -2.08. The fraction of sp³-hybridized carbons (Fsp3) is 0.0714. The van der Waals surface area contributed by atoms with Gasteiger partial charge in [-0.1, -0.05) is 12.1 Å². The van der Waals surface area contributed by atoms with Crippen LogP contribution in [0.1, 0.15) is 17.3 Å². The lowest BCUT2D eigenvalue weighted by Crippen LogP contribution is -2.13. The van der Waals surface area contributed by atoms with Gasteiger partial charge in [0.2, 0.25) is 0 Å². The van der Waals surface area contributed by atoms with Crippen molar-refractivity contribution >= 4 is 21.5 Å². The molecule has 0 aliphatic rings. The van der Waals surface area contributed by atoms with E-state index in [2.05, 4.69) is 4.72 Å². The Labute approximate surface area is 116 Å². The van der Waals surface area contributed by atoms with Gasteiger partial charge < -0.3 is 0 Å². The average Bonchev–Trinajstić information content (AvgIpc) is 2.39. The molecule has 0 aliphatic heterocycles. The summed E-state index contributed by atoms with van der Waals surface area (Å²) in [5.74, 6) is -0.671. The molecule has 0 bridgehead atoms. The number of carbonyl (C=O) groups excluding carboxylic acids is 1. The second kappa shape index (κ2) is 5.42. The van der Waals surface area contributed by atoms with Gasteiger partial charge in [-0.3, -0.25) is 9.52 Å². The van der Waals surface area contributed by atoms with Crippen molar-refractivity contribution in [1.82, 2.24) is 0 Å². The van der Waals surface area contributed by atoms with Crippen LogP contribution in [0.25, 0.3) is 0 Å². The number of nitrogens with one attached hydrogen (secondary N) is 1. The molecule has 0 atom stereocenters. The lowest BCUT2D eigenvalue weighted by atomic mass is 10.1. The second-order valence-electron chi connectivity index (χ2n) is 4.20. The van der Waals surface area contributed by atoms with Crippen LogP contribution in [0.4, 0.5) is 10.1 Å². The summed E-state index contributed by atoms with van der Waals surface area (Å²) < 4.78 is 39.3. The molecule has 0 saturated heterocycles. The molecule has 4 nitrogen and oxygen atoms in total. The smallest absolute Gasteiger partial charge is 0.261 e. The zero-order valence-electron chi connectivity index (χ0n) is 10.6. The van der Waals surface area contributed by atoms with E-state index in [0.29, 0.717) is 5.56 Å². The monoisotopic (exact) mass is 293 g/mol. The van der Waals surface area contributed by atoms with E-state index in [0.717, 1.165) is 12.1 Å². The number of rotatable bonds is 4. The van der Waals surface area contributed by atoms with Gasteiger partial charge >= 0.3 is 0 Å². The molecule has 0 spiro atoms. The first-order chi connectivity index (χ1) is 9.38. The summed E-state index contributed by atoms with van der Waals surface area (Å²) in [5.41, 5.74) is 0.686. The highest BCUT2D eigenvalue weighted by Gasteiger charge is 2.14. The highest BCUT2D eigenvalue weighted by Crippen LogP contribution is 2.17. The van der Waals surface area contributed by atoms with Crippen LogP contribution in [0.3, 0.4) is 0 Å². The molecule has 0 fully saturated rings. The Balaban J connectivity index is 2.31. The van der Waals surface area contributed by atoms with E-state index in [9.17, 15) is 17.6 Å². The van der Waals surface area contributed by atoms with Crippen LogP contribution in [-0.4, -0.2) is 14.2 Å². The van der Waals surface area contributed by atoms with Gasteiger partial charge in [0.1, 0.15) is 5.82 Å². The number of benzene rings is 2. The minimum atomic E-state index is -3.80. The van der Waals surface area contributed by atoms with E-state index < -0.39 is 15.8 Å². The molecule has 0 aliphatic carbocycles. The van der Waals surface area contributed by atoms with E-state index in [1.54, 1.807) is 12.1 Å². The van der Waals surface area contributed by atoms with Crippen LogP contribution >= 0.6 is 0 Å². The van der Waals surface area contributed by atoms with Gasteiger partial charge in [-0.25, -0.2) is 12.8 Å². The predicted molar refractivity (Wildman–Crippen MR) is 73.7 cm³/mol. The molecular weight excluding hydrogens is 281 g/mol. The minimum Gasteiger partial charge on any atom is -0.295 e. The number of Topliss-reactive ketones (excluding diaryl/α,β-unsaturated/α-hetero) is 1. The number of sulfonamides is 1. The van der Waals surface area contributed by atoms with Gasteiger partial charge in [-0.15, -0.1) is 0 Å². The zero-order chi connectivity index (χ0) is 14.8. The first-order valence-electron chi connectivity index (χ1n) is 5.78. The molecule has 2 aromatic carbocycles. The van der Waals surface area contributed by atoms with E-state index >= 15 is 0 Å². The molecule has 0 saturated carbocycles. The van der Waals surface area contributed by atoms with Crippen LogP contribution in [0.15, 0.2) is 53.4 Å². The third-order valence-electron chi connectivity index (χ3n) is 2.65. The van der Waals surface area contributed by atoms with Crippen molar-refractivity contribution in [3.8, 4) is 0 Å². The SMILES string of the molecule is CC(=O)c1cccc(NS(=O)(=O)c2ccc(F)cc2)c1. The number of anilines is 1. The van der Waals surface area contributed by atoms with Crippen LogP contribution in [0.2, 0.25) is 0 Å². The number of hydrogen-bond donors (Lipinski definition) is 1. The lowest BCUT2D eigenvalue weighted by molar-refractivity contribution is 0.101. The summed E-state index contributed by atoms with van der Waals surface area (Å²) in [5, 5.41) is 0. The van der Waals surface area contributed by atoms with E-state index in [1.807, 2.05) is 0 Å². The number of ketones is 1. The molecule has 20 heavy (non-hydrogen) atoms. The normalized spacial score (nSPS) is 11.1. The topological polar surface area (TPSA) is 63.2 Å². The third-order valence-corrected chi connectivity index (χ3v) is 4.04. The number of halogens is 1. The molecule has 6 heteroatoms. The van der Waals surface area contributed by atoms with Crippen molar-refractivity contribution in [3.05, 3.63) is 59.9 Å². The molecule has 2 rings (SSSR count). The quantitative estimate of drug-likeness (QED) is 0.882. The molecule has 0 unspecified atom stereocenters. The van der Waals surface area contributed by atoms with Gasteiger partial charge in [0, 0.05) is 11.3 Å². The summed E-state index contributed by atoms with van der Waals surface area (Å²) in [6.07, 6.45) is 0. The Kier molecular flexibility index (Phi) is 3.85. The van der Waals surface area contributed by atoms with Crippen molar-refractivity contribution in [2.24, 2.45) is 0 Å². The van der Waals surface area contributed by atoms with Crippen molar-refractivity contribution in [2.75, 3.05) is 4.72 Å². The standard InChI is InChI=1S/C14H12FNO3S/c1-10(17)11-3-2-4-13(9-11)16-20(18,19)14-7-5-12(15)6-8-14/h2-9,16H,1H3. The fourth-order valence-corrected chi connectivity index (χ4v) is 2.68. The van der Waals surface area contributed by atoms with Gasteiger partial charge in [0.05, 0.1) is 4.90 Å². The molecule has 0 aromatic heterocycles. The van der Waals surface area contributed by atoms with Crippen molar-refractivity contribution in [2.45, 2.75) is 11.8 Å². The maximum atomic E-state index is 12.8. The van der Waals surface area contributed by atoms with Crippen LogP contribution in [-0.2, 0) is 10.0 Å². The number of carbonyl (C=O) groups is 1. The largest absolute Gasteiger partial charge is 0.295 e. The minimum absolute atomic E-state index is 0.0490. The van der Waals surface area contributed by atoms with E-state index in [4.69, 9.17) is 0 Å². The first-order valence-corrected chi connectivity index (χ1v) is 7.26. The van der Waals surface area contributed by atoms with Crippen molar-refractivity contribution in [3.63, 3.8) is 0 Å². The Morgan fingerprint density at radius 1 is 1.10 bits per heavy atom. The van der Waals surface area contributed by atoms with Crippen LogP contribution < -0.4 is 4.72 Å². The zero-order valence-corrected chi connectivity index (χ0v) is 11.4. The average molecular weight is 293 g/mol. The highest BCUT2D eigenvalue weighted by atomic mass is 32.2. The first kappa shape index (κ1) is 14.2. The van der Waals surface area contributed by atoms with Gasteiger partial charge in [0.15, 0.2) is 5.78 Å². The molecule has 0 radical (unpaired) electrons. The van der Waals surface area contributed by atoms with E-state index in [1.165, 1.54) is 31.2 Å². The Bertz CT molecular complexity index is 739. The molecule has 1 N–H and O–H groups in total. The Hall–Kier alpha value is -2.21. The van der Waals surface area contributed by atoms with Crippen molar-refractivity contribution < 1.29 is 17.6 Å². The highest BCUT2D eigenvalue weighted by molar-refractivity contribution is 7.92. The molecule has 2 aromatic rings. The molecular formula is C14H12FNO3S. The van der Waals surface area contributed by atoms with E-state index in [-0.39, 0.29) is 16.4 Å².